The van der Waals surface area contributed by atoms with Crippen LogP contribution in [0.15, 0.2) is 36.5 Å². The van der Waals surface area contributed by atoms with Gasteiger partial charge in [-0.3, -0.25) is 0 Å². The molecule has 0 aliphatic rings. The Morgan fingerprint density at radius 3 is 2.43 bits per heavy atom. The van der Waals surface area contributed by atoms with Crippen molar-refractivity contribution in [3.8, 4) is 0 Å². The maximum atomic E-state index is 4.57. The van der Waals surface area contributed by atoms with Crippen molar-refractivity contribution in [1.29, 1.82) is 0 Å². The van der Waals surface area contributed by atoms with Gasteiger partial charge in [0.25, 0.3) is 0 Å². The van der Waals surface area contributed by atoms with Crippen LogP contribution in [0.5, 0.6) is 0 Å². The van der Waals surface area contributed by atoms with Gasteiger partial charge in [-0.05, 0) is 0 Å². The fourth-order valence-corrected chi connectivity index (χ4v) is 5.99. The zero-order valence-electron chi connectivity index (χ0n) is 8.91. The monoisotopic (exact) mass is 293 g/mol. The van der Waals surface area contributed by atoms with Crippen LogP contribution < -0.4 is 3.71 Å². The van der Waals surface area contributed by atoms with Gasteiger partial charge < -0.3 is 0 Å². The molecule has 0 aliphatic heterocycles. The summed E-state index contributed by atoms with van der Waals surface area (Å²) in [4.78, 5) is 11.8. The van der Waals surface area contributed by atoms with Crippen LogP contribution in [0.2, 0.25) is 14.8 Å². The summed E-state index contributed by atoms with van der Waals surface area (Å²) in [6, 6.07) is 10.6. The van der Waals surface area contributed by atoms with Crippen LogP contribution in [-0.4, -0.2) is 23.4 Å². The predicted octanol–water partition coefficient (Wildman–Crippen LogP) is 2.78. The summed E-state index contributed by atoms with van der Waals surface area (Å²) >= 11 is -2.04. The van der Waals surface area contributed by atoms with Gasteiger partial charge in [0.2, 0.25) is 0 Å². The van der Waals surface area contributed by atoms with Crippen molar-refractivity contribution in [2.24, 2.45) is 0 Å². The van der Waals surface area contributed by atoms with Crippen molar-refractivity contribution < 1.29 is 0 Å². The van der Waals surface area contributed by atoms with Crippen molar-refractivity contribution in [2.75, 3.05) is 0 Å². The van der Waals surface area contributed by atoms with Crippen LogP contribution >= 0.6 is 0 Å². The second-order valence-corrected chi connectivity index (χ2v) is 18.8. The Labute approximate surface area is 89.0 Å². The molecule has 2 heteroatoms. The van der Waals surface area contributed by atoms with E-state index in [0.717, 1.165) is 0 Å². The molecule has 0 aliphatic carbocycles. The second kappa shape index (κ2) is 3.54. The Hall–Kier alpha value is -0.571. The first-order chi connectivity index (χ1) is 6.59. The van der Waals surface area contributed by atoms with Gasteiger partial charge in [-0.25, -0.2) is 0 Å². The fourth-order valence-electron chi connectivity index (χ4n) is 1.72. The Bertz CT molecular complexity index is 452. The maximum absolute atomic E-state index is 4.57. The number of hydrogen-bond donors (Lipinski definition) is 0. The van der Waals surface area contributed by atoms with E-state index in [1.807, 2.05) is 6.20 Å². The molecular weight excluding hydrogens is 277 g/mol. The molecule has 0 N–H and O–H groups in total. The van der Waals surface area contributed by atoms with E-state index in [9.17, 15) is 0 Å². The number of nitrogens with zero attached hydrogens (tertiary/aromatic N) is 1. The van der Waals surface area contributed by atoms with Crippen molar-refractivity contribution >= 4 is 32.9 Å². The van der Waals surface area contributed by atoms with Gasteiger partial charge in [0.15, 0.2) is 0 Å². The van der Waals surface area contributed by atoms with E-state index in [0.29, 0.717) is 0 Å². The zero-order chi connectivity index (χ0) is 10.2. The average Bonchev–Trinajstić information content (AvgIpc) is 2.15. The summed E-state index contributed by atoms with van der Waals surface area (Å²) < 4.78 is 1.39. The van der Waals surface area contributed by atoms with E-state index >= 15 is 0 Å². The molecule has 2 rings (SSSR count). The summed E-state index contributed by atoms with van der Waals surface area (Å²) in [5.41, 5.74) is 0. The molecule has 1 aromatic carbocycles. The molecule has 0 saturated carbocycles. The van der Waals surface area contributed by atoms with Gasteiger partial charge in [-0.1, -0.05) is 0 Å². The van der Waals surface area contributed by atoms with E-state index in [2.05, 4.69) is 50.1 Å². The van der Waals surface area contributed by atoms with E-state index in [-0.39, 0.29) is 0 Å². The fraction of sp³-hybridized carbons (Fsp3) is 0.250. The average molecular weight is 292 g/mol. The minimum atomic E-state index is -2.04. The van der Waals surface area contributed by atoms with Crippen LogP contribution in [0.1, 0.15) is 0 Å². The van der Waals surface area contributed by atoms with E-state index in [1.54, 1.807) is 0 Å². The standard InChI is InChI=1S/C9H6N.3CH3.Sn/c1-2-4-9-7-10-6-5-8(9)3-1;;;;/h1-6H;3*1H3;. The van der Waals surface area contributed by atoms with Crippen molar-refractivity contribution in [1.82, 2.24) is 4.98 Å². The minimum absolute atomic E-state index is 1.32. The Kier molecular flexibility index (Phi) is 2.52. The molecule has 72 valence electrons. The molecule has 0 spiro atoms. The molecule has 0 amide bonds. The van der Waals surface area contributed by atoms with Gasteiger partial charge in [0, 0.05) is 0 Å². The molecule has 1 nitrogen and oxygen atoms in total. The molecular formula is C12H15NSn. The molecule has 0 unspecified atom stereocenters. The topological polar surface area (TPSA) is 12.9 Å². The van der Waals surface area contributed by atoms with E-state index in [1.165, 1.54) is 14.5 Å². The van der Waals surface area contributed by atoms with Crippen molar-refractivity contribution in [3.63, 3.8) is 0 Å². The first-order valence-corrected chi connectivity index (χ1v) is 14.9. The third kappa shape index (κ3) is 1.78. The van der Waals surface area contributed by atoms with Gasteiger partial charge in [0.05, 0.1) is 0 Å². The number of aromatic nitrogens is 1. The number of rotatable bonds is 1. The van der Waals surface area contributed by atoms with Gasteiger partial charge in [-0.2, -0.15) is 0 Å². The van der Waals surface area contributed by atoms with Crippen LogP contribution in [-0.2, 0) is 0 Å². The second-order valence-electron chi connectivity index (χ2n) is 4.63. The Balaban J connectivity index is 2.78. The zero-order valence-corrected chi connectivity index (χ0v) is 11.8. The SMILES string of the molecule is [CH3][Sn]([CH3])([CH3])[c]1nccc2ccccc12. The first-order valence-electron chi connectivity index (χ1n) is 4.93. The van der Waals surface area contributed by atoms with Gasteiger partial charge >= 0.3 is 89.2 Å². The van der Waals surface area contributed by atoms with Crippen molar-refractivity contribution in [2.45, 2.75) is 14.8 Å². The number of hydrogen-bond acceptors (Lipinski definition) is 1. The molecule has 0 bridgehead atoms. The summed E-state index contributed by atoms with van der Waals surface area (Å²) in [6.45, 7) is 0. The summed E-state index contributed by atoms with van der Waals surface area (Å²) in [5, 5.41) is 2.68. The Morgan fingerprint density at radius 1 is 1.00 bits per heavy atom. The molecule has 1 aromatic heterocycles. The van der Waals surface area contributed by atoms with Gasteiger partial charge in [-0.15, -0.1) is 0 Å². The molecule has 2 aromatic rings. The summed E-state index contributed by atoms with van der Waals surface area (Å²) in [5.74, 6) is 0. The normalized spacial score (nSPS) is 11.9. The van der Waals surface area contributed by atoms with E-state index in [4.69, 9.17) is 0 Å². The van der Waals surface area contributed by atoms with Gasteiger partial charge in [0.1, 0.15) is 0 Å². The van der Waals surface area contributed by atoms with Crippen molar-refractivity contribution in [3.05, 3.63) is 36.5 Å². The Morgan fingerprint density at radius 2 is 1.71 bits per heavy atom. The van der Waals surface area contributed by atoms with Crippen LogP contribution in [0.25, 0.3) is 10.8 Å². The summed E-state index contributed by atoms with van der Waals surface area (Å²) in [7, 11) is 0. The van der Waals surface area contributed by atoms with Crippen LogP contribution in [0, 0.1) is 0 Å². The molecule has 0 saturated heterocycles. The number of benzene rings is 1. The third-order valence-electron chi connectivity index (χ3n) is 2.38. The number of fused-ring (bicyclic) bond motifs is 1. The molecule has 0 atom stereocenters. The summed E-state index contributed by atoms with van der Waals surface area (Å²) in [6.07, 6.45) is 1.94. The molecule has 1 heterocycles. The predicted molar refractivity (Wildman–Crippen MR) is 64.7 cm³/mol. The first kappa shape index (κ1) is 9.96. The molecule has 0 radical (unpaired) electrons. The van der Waals surface area contributed by atoms with Crippen LogP contribution in [0.3, 0.4) is 0 Å². The third-order valence-corrected chi connectivity index (χ3v) is 7.58. The van der Waals surface area contributed by atoms with E-state index < -0.39 is 18.4 Å². The molecule has 14 heavy (non-hydrogen) atoms. The number of pyridine rings is 1. The quantitative estimate of drug-likeness (QED) is 0.736. The van der Waals surface area contributed by atoms with Crippen LogP contribution in [0.4, 0.5) is 0 Å². The molecule has 0 fully saturated rings.